The molecule has 1 rings (SSSR count). The van der Waals surface area contributed by atoms with Crippen LogP contribution in [-0.2, 0) is 22.4 Å². The molecule has 4 N–H and O–H groups in total. The summed E-state index contributed by atoms with van der Waals surface area (Å²) in [7, 11) is 0. The predicted octanol–water partition coefficient (Wildman–Crippen LogP) is 2.69. The molecule has 0 heterocycles. The third kappa shape index (κ3) is 10.4. The number of nitrogens with one attached hydrogen (secondary N) is 4. The van der Waals surface area contributed by atoms with Crippen molar-refractivity contribution in [1.82, 2.24) is 21.3 Å². The van der Waals surface area contributed by atoms with Gasteiger partial charge in [0.15, 0.2) is 0 Å². The lowest BCUT2D eigenvalue weighted by molar-refractivity contribution is -0.128. The number of amides is 2. The molecule has 1 unspecified atom stereocenters. The fourth-order valence-corrected chi connectivity index (χ4v) is 3.21. The van der Waals surface area contributed by atoms with Gasteiger partial charge < -0.3 is 21.3 Å². The third-order valence-electron chi connectivity index (χ3n) is 4.88. The molecule has 2 amide bonds. The molecule has 0 spiro atoms. The summed E-state index contributed by atoms with van der Waals surface area (Å²) in [5.41, 5.74) is 3.51. The van der Waals surface area contributed by atoms with Crippen LogP contribution >= 0.6 is 0 Å². The van der Waals surface area contributed by atoms with Crippen molar-refractivity contribution in [3.63, 3.8) is 0 Å². The Morgan fingerprint density at radius 3 is 2.27 bits per heavy atom. The lowest BCUT2D eigenvalue weighted by atomic mass is 9.99. The van der Waals surface area contributed by atoms with E-state index in [1.165, 1.54) is 11.1 Å². The summed E-state index contributed by atoms with van der Waals surface area (Å²) in [4.78, 5) is 24.6. The molecular formula is C24H40N4O2. The van der Waals surface area contributed by atoms with Gasteiger partial charge in [0, 0.05) is 18.8 Å². The van der Waals surface area contributed by atoms with E-state index in [-0.39, 0.29) is 18.4 Å². The Hall–Kier alpha value is -2.34. The van der Waals surface area contributed by atoms with Crippen molar-refractivity contribution >= 4 is 11.8 Å². The Morgan fingerprint density at radius 2 is 1.63 bits per heavy atom. The van der Waals surface area contributed by atoms with Crippen LogP contribution in [0.1, 0.15) is 57.6 Å². The molecule has 0 aliphatic carbocycles. The topological polar surface area (TPSA) is 82.3 Å². The lowest BCUT2D eigenvalue weighted by Gasteiger charge is -2.18. The Labute approximate surface area is 182 Å². The molecule has 0 aliphatic heterocycles. The highest BCUT2D eigenvalue weighted by atomic mass is 16.2. The van der Waals surface area contributed by atoms with Crippen LogP contribution in [0.2, 0.25) is 0 Å². The first-order chi connectivity index (χ1) is 14.5. The molecule has 30 heavy (non-hydrogen) atoms. The summed E-state index contributed by atoms with van der Waals surface area (Å²) in [6.07, 6.45) is 5.63. The minimum absolute atomic E-state index is 0.116. The monoisotopic (exact) mass is 416 g/mol. The van der Waals surface area contributed by atoms with Gasteiger partial charge in [-0.05, 0) is 49.8 Å². The molecule has 0 aromatic heterocycles. The highest BCUT2D eigenvalue weighted by Gasteiger charge is 2.18. The van der Waals surface area contributed by atoms with Crippen LogP contribution < -0.4 is 21.3 Å². The summed E-state index contributed by atoms with van der Waals surface area (Å²) >= 11 is 0. The highest BCUT2D eigenvalue weighted by Crippen LogP contribution is 2.12. The van der Waals surface area contributed by atoms with Crippen LogP contribution in [0.15, 0.2) is 36.5 Å². The molecule has 0 saturated heterocycles. The first-order valence-corrected chi connectivity index (χ1v) is 11.3. The van der Waals surface area contributed by atoms with E-state index >= 15 is 0 Å². The second-order valence-corrected chi connectivity index (χ2v) is 7.58. The number of rotatable bonds is 16. The first-order valence-electron chi connectivity index (χ1n) is 11.3. The van der Waals surface area contributed by atoms with Crippen LogP contribution in [0, 0.1) is 0 Å². The minimum Gasteiger partial charge on any atom is -0.379 e. The van der Waals surface area contributed by atoms with E-state index in [0.29, 0.717) is 19.5 Å². The standard InChI is InChI=1S/C24H40N4O2/c1-5-11-20-12-8-9-13-21(20)14-10-16-26-24(30)22(7-3)28-23(29)18-27-19(4)17-25-15-6-2/h8-9,12-13,22,25,27H,4-7,10-11,14-18H2,1-3H3,(H,26,30)(H,28,29). The van der Waals surface area contributed by atoms with Gasteiger partial charge in [-0.3, -0.25) is 9.59 Å². The molecule has 0 bridgehead atoms. The van der Waals surface area contributed by atoms with Gasteiger partial charge in [-0.15, -0.1) is 0 Å². The van der Waals surface area contributed by atoms with E-state index < -0.39 is 6.04 Å². The molecule has 1 aromatic carbocycles. The normalized spacial score (nSPS) is 11.6. The summed E-state index contributed by atoms with van der Waals surface area (Å²) in [6.45, 7) is 12.3. The van der Waals surface area contributed by atoms with Crippen LogP contribution in [0.5, 0.6) is 0 Å². The maximum Gasteiger partial charge on any atom is 0.242 e. The Balaban J connectivity index is 2.32. The Bertz CT molecular complexity index is 660. The van der Waals surface area contributed by atoms with Crippen molar-refractivity contribution < 1.29 is 9.59 Å². The molecule has 0 saturated carbocycles. The average molecular weight is 417 g/mol. The number of aryl methyl sites for hydroxylation is 2. The number of hydrogen-bond acceptors (Lipinski definition) is 4. The Morgan fingerprint density at radius 1 is 0.933 bits per heavy atom. The van der Waals surface area contributed by atoms with Crippen LogP contribution in [0.25, 0.3) is 0 Å². The molecule has 0 aliphatic rings. The molecule has 0 fully saturated rings. The molecule has 1 aromatic rings. The molecule has 6 heteroatoms. The van der Waals surface area contributed by atoms with Crippen molar-refractivity contribution in [2.45, 2.75) is 65.3 Å². The van der Waals surface area contributed by atoms with Crippen molar-refractivity contribution in [3.8, 4) is 0 Å². The summed E-state index contributed by atoms with van der Waals surface area (Å²) in [6, 6.07) is 7.98. The zero-order valence-corrected chi connectivity index (χ0v) is 19.0. The van der Waals surface area contributed by atoms with Crippen molar-refractivity contribution in [2.75, 3.05) is 26.2 Å². The van der Waals surface area contributed by atoms with Crippen molar-refractivity contribution in [1.29, 1.82) is 0 Å². The van der Waals surface area contributed by atoms with Gasteiger partial charge in [0.05, 0.1) is 6.54 Å². The molecule has 6 nitrogen and oxygen atoms in total. The fraction of sp³-hybridized carbons (Fsp3) is 0.583. The van der Waals surface area contributed by atoms with Gasteiger partial charge in [0.25, 0.3) is 0 Å². The molecular weight excluding hydrogens is 376 g/mol. The van der Waals surface area contributed by atoms with E-state index in [1.807, 2.05) is 6.92 Å². The van der Waals surface area contributed by atoms with Crippen LogP contribution in [0.3, 0.4) is 0 Å². The fourth-order valence-electron chi connectivity index (χ4n) is 3.21. The van der Waals surface area contributed by atoms with Gasteiger partial charge in [0.2, 0.25) is 11.8 Å². The van der Waals surface area contributed by atoms with E-state index in [2.05, 4.69) is 66.0 Å². The Kier molecular flexibility index (Phi) is 13.3. The largest absolute Gasteiger partial charge is 0.379 e. The summed E-state index contributed by atoms with van der Waals surface area (Å²) < 4.78 is 0. The zero-order chi connectivity index (χ0) is 22.2. The SMILES string of the molecule is C=C(CNCCC)NCC(=O)NC(CC)C(=O)NCCCc1ccccc1CCC. The van der Waals surface area contributed by atoms with Gasteiger partial charge in [-0.1, -0.05) is 58.0 Å². The van der Waals surface area contributed by atoms with E-state index in [0.717, 1.165) is 44.3 Å². The van der Waals surface area contributed by atoms with Gasteiger partial charge in [0.1, 0.15) is 6.04 Å². The van der Waals surface area contributed by atoms with E-state index in [4.69, 9.17) is 0 Å². The number of hydrogen-bond donors (Lipinski definition) is 4. The summed E-state index contributed by atoms with van der Waals surface area (Å²) in [5.74, 6) is -0.335. The number of carbonyl (C=O) groups excluding carboxylic acids is 2. The molecule has 168 valence electrons. The lowest BCUT2D eigenvalue weighted by Crippen LogP contribution is -2.49. The first kappa shape index (κ1) is 25.7. The quantitative estimate of drug-likeness (QED) is 0.312. The van der Waals surface area contributed by atoms with Crippen LogP contribution in [0.4, 0.5) is 0 Å². The van der Waals surface area contributed by atoms with Gasteiger partial charge >= 0.3 is 0 Å². The third-order valence-corrected chi connectivity index (χ3v) is 4.88. The second kappa shape index (κ2) is 15.5. The number of carbonyl (C=O) groups is 2. The van der Waals surface area contributed by atoms with E-state index in [9.17, 15) is 9.59 Å². The summed E-state index contributed by atoms with van der Waals surface area (Å²) in [5, 5.41) is 12.0. The smallest absolute Gasteiger partial charge is 0.242 e. The predicted molar refractivity (Wildman–Crippen MR) is 124 cm³/mol. The van der Waals surface area contributed by atoms with Gasteiger partial charge in [-0.25, -0.2) is 0 Å². The zero-order valence-electron chi connectivity index (χ0n) is 19.0. The molecule has 1 atom stereocenters. The van der Waals surface area contributed by atoms with Crippen LogP contribution in [-0.4, -0.2) is 44.0 Å². The second-order valence-electron chi connectivity index (χ2n) is 7.58. The highest BCUT2D eigenvalue weighted by molar-refractivity contribution is 5.88. The van der Waals surface area contributed by atoms with E-state index in [1.54, 1.807) is 0 Å². The minimum atomic E-state index is -0.516. The average Bonchev–Trinajstić information content (AvgIpc) is 2.74. The number of benzene rings is 1. The van der Waals surface area contributed by atoms with Crippen molar-refractivity contribution in [2.24, 2.45) is 0 Å². The maximum absolute atomic E-state index is 12.4. The van der Waals surface area contributed by atoms with Crippen molar-refractivity contribution in [3.05, 3.63) is 47.7 Å². The van der Waals surface area contributed by atoms with Gasteiger partial charge in [-0.2, -0.15) is 0 Å². The molecule has 0 radical (unpaired) electrons. The maximum atomic E-state index is 12.4.